The predicted molar refractivity (Wildman–Crippen MR) is 94.8 cm³/mol. The van der Waals surface area contributed by atoms with Crippen LogP contribution >= 0.6 is 11.6 Å². The summed E-state index contributed by atoms with van der Waals surface area (Å²) in [7, 11) is 0. The number of amides is 1. The number of nitrogens with two attached hydrogens (primary N) is 1. The standard InChI is InChI=1S/C18H26ClN3O2/c19-16-3-1-2-15(12-16)13-21-6-8-22(9-7-21)17(23)18(14-20)4-10-24-11-5-18/h1-3,12H,4-11,13-14,20H2. The van der Waals surface area contributed by atoms with Crippen LogP contribution in [0.25, 0.3) is 0 Å². The highest BCUT2D eigenvalue weighted by molar-refractivity contribution is 6.30. The lowest BCUT2D eigenvalue weighted by Crippen LogP contribution is -2.56. The van der Waals surface area contributed by atoms with Crippen molar-refractivity contribution < 1.29 is 9.53 Å². The van der Waals surface area contributed by atoms with E-state index < -0.39 is 5.41 Å². The zero-order chi connectivity index (χ0) is 17.0. The maximum absolute atomic E-state index is 13.0. The molecule has 3 rings (SSSR count). The van der Waals surface area contributed by atoms with Crippen LogP contribution in [0.4, 0.5) is 0 Å². The molecule has 1 amide bonds. The molecule has 1 aromatic carbocycles. The number of nitrogens with zero attached hydrogens (tertiary/aromatic N) is 2. The zero-order valence-corrected chi connectivity index (χ0v) is 14.8. The molecule has 2 aliphatic heterocycles. The fraction of sp³-hybridized carbons (Fsp3) is 0.611. The van der Waals surface area contributed by atoms with E-state index in [1.165, 1.54) is 5.56 Å². The summed E-state index contributed by atoms with van der Waals surface area (Å²) >= 11 is 6.05. The number of piperazine rings is 1. The summed E-state index contributed by atoms with van der Waals surface area (Å²) in [5.74, 6) is 0.218. The Morgan fingerprint density at radius 3 is 2.54 bits per heavy atom. The van der Waals surface area contributed by atoms with Crippen molar-refractivity contribution in [1.82, 2.24) is 9.80 Å². The van der Waals surface area contributed by atoms with Gasteiger partial charge in [0.1, 0.15) is 0 Å². The maximum Gasteiger partial charge on any atom is 0.230 e. The van der Waals surface area contributed by atoms with Crippen LogP contribution in [0.1, 0.15) is 18.4 Å². The van der Waals surface area contributed by atoms with Gasteiger partial charge in [-0.25, -0.2) is 0 Å². The molecule has 0 bridgehead atoms. The van der Waals surface area contributed by atoms with Crippen molar-refractivity contribution in [1.29, 1.82) is 0 Å². The molecule has 0 saturated carbocycles. The third-order valence-corrected chi connectivity index (χ3v) is 5.48. The third kappa shape index (κ3) is 3.91. The van der Waals surface area contributed by atoms with Gasteiger partial charge >= 0.3 is 0 Å². The zero-order valence-electron chi connectivity index (χ0n) is 14.0. The molecule has 0 spiro atoms. The molecule has 0 unspecified atom stereocenters. The van der Waals surface area contributed by atoms with Crippen LogP contribution in [-0.4, -0.2) is 61.6 Å². The Kier molecular flexibility index (Phi) is 5.76. The minimum absolute atomic E-state index is 0.218. The van der Waals surface area contributed by atoms with Gasteiger partial charge in [-0.1, -0.05) is 23.7 Å². The first-order chi connectivity index (χ1) is 11.6. The molecular formula is C18H26ClN3O2. The Hall–Kier alpha value is -1.14. The van der Waals surface area contributed by atoms with Crippen LogP contribution in [0.5, 0.6) is 0 Å². The topological polar surface area (TPSA) is 58.8 Å². The quantitative estimate of drug-likeness (QED) is 0.897. The summed E-state index contributed by atoms with van der Waals surface area (Å²) in [6.07, 6.45) is 1.48. The molecule has 0 radical (unpaired) electrons. The van der Waals surface area contributed by atoms with E-state index in [9.17, 15) is 4.79 Å². The number of halogens is 1. The Balaban J connectivity index is 1.55. The molecule has 2 N–H and O–H groups in total. The number of rotatable bonds is 4. The molecule has 2 fully saturated rings. The highest BCUT2D eigenvalue weighted by Crippen LogP contribution is 2.32. The summed E-state index contributed by atoms with van der Waals surface area (Å²) in [6.45, 7) is 5.86. The fourth-order valence-corrected chi connectivity index (χ4v) is 3.82. The van der Waals surface area contributed by atoms with Gasteiger partial charge in [0, 0.05) is 57.5 Å². The Morgan fingerprint density at radius 1 is 1.21 bits per heavy atom. The van der Waals surface area contributed by atoms with Crippen LogP contribution in [0.15, 0.2) is 24.3 Å². The first kappa shape index (κ1) is 17.7. The Morgan fingerprint density at radius 2 is 1.92 bits per heavy atom. The summed E-state index contributed by atoms with van der Waals surface area (Å²) in [5.41, 5.74) is 6.77. The lowest BCUT2D eigenvalue weighted by atomic mass is 9.78. The van der Waals surface area contributed by atoms with E-state index in [4.69, 9.17) is 22.1 Å². The van der Waals surface area contributed by atoms with Gasteiger partial charge in [0.05, 0.1) is 5.41 Å². The number of carbonyl (C=O) groups is 1. The van der Waals surface area contributed by atoms with Gasteiger partial charge in [-0.05, 0) is 30.5 Å². The minimum Gasteiger partial charge on any atom is -0.381 e. The van der Waals surface area contributed by atoms with E-state index in [-0.39, 0.29) is 5.91 Å². The number of ether oxygens (including phenoxy) is 1. The monoisotopic (exact) mass is 351 g/mol. The Bertz CT molecular complexity index is 567. The van der Waals surface area contributed by atoms with Crippen LogP contribution in [0.2, 0.25) is 5.02 Å². The average molecular weight is 352 g/mol. The number of benzene rings is 1. The van der Waals surface area contributed by atoms with Crippen molar-refractivity contribution in [3.8, 4) is 0 Å². The molecule has 132 valence electrons. The summed E-state index contributed by atoms with van der Waals surface area (Å²) in [6, 6.07) is 7.97. The predicted octanol–water partition coefficient (Wildman–Crippen LogP) is 1.74. The molecule has 6 heteroatoms. The second-order valence-corrected chi connectivity index (χ2v) is 7.23. The maximum atomic E-state index is 13.0. The second kappa shape index (κ2) is 7.83. The Labute approximate surface area is 148 Å². The SMILES string of the molecule is NCC1(C(=O)N2CCN(Cc3cccc(Cl)c3)CC2)CCOCC1. The van der Waals surface area contributed by atoms with Crippen molar-refractivity contribution in [2.75, 3.05) is 45.9 Å². The molecule has 0 atom stereocenters. The highest BCUT2D eigenvalue weighted by Gasteiger charge is 2.42. The van der Waals surface area contributed by atoms with Gasteiger partial charge in [0.25, 0.3) is 0 Å². The van der Waals surface area contributed by atoms with Crippen LogP contribution < -0.4 is 5.73 Å². The number of hydrogen-bond donors (Lipinski definition) is 1. The molecule has 2 aliphatic rings. The third-order valence-electron chi connectivity index (χ3n) is 5.25. The first-order valence-electron chi connectivity index (χ1n) is 8.67. The normalized spacial score (nSPS) is 21.7. The summed E-state index contributed by atoms with van der Waals surface area (Å²) < 4.78 is 5.41. The largest absolute Gasteiger partial charge is 0.381 e. The molecule has 0 aliphatic carbocycles. The van der Waals surface area contributed by atoms with Crippen LogP contribution in [0, 0.1) is 5.41 Å². The van der Waals surface area contributed by atoms with Crippen LogP contribution in [0.3, 0.4) is 0 Å². The molecule has 1 aromatic rings. The first-order valence-corrected chi connectivity index (χ1v) is 9.05. The summed E-state index contributed by atoms with van der Waals surface area (Å²) in [5, 5.41) is 0.769. The van der Waals surface area contributed by atoms with Gasteiger partial charge in [0.2, 0.25) is 5.91 Å². The molecule has 2 heterocycles. The van der Waals surface area contributed by atoms with E-state index in [1.54, 1.807) is 0 Å². The van der Waals surface area contributed by atoms with Crippen LogP contribution in [-0.2, 0) is 16.1 Å². The van der Waals surface area contributed by atoms with Crippen molar-refractivity contribution >= 4 is 17.5 Å². The lowest BCUT2D eigenvalue weighted by molar-refractivity contribution is -0.149. The lowest BCUT2D eigenvalue weighted by Gasteiger charge is -2.42. The summed E-state index contributed by atoms with van der Waals surface area (Å²) in [4.78, 5) is 17.3. The molecule has 24 heavy (non-hydrogen) atoms. The number of carbonyl (C=O) groups excluding carboxylic acids is 1. The van der Waals surface area contributed by atoms with E-state index in [1.807, 2.05) is 23.1 Å². The fourth-order valence-electron chi connectivity index (χ4n) is 3.61. The number of hydrogen-bond acceptors (Lipinski definition) is 4. The van der Waals surface area contributed by atoms with Gasteiger partial charge in [-0.3, -0.25) is 9.69 Å². The van der Waals surface area contributed by atoms with E-state index in [0.717, 1.165) is 50.6 Å². The van der Waals surface area contributed by atoms with Gasteiger partial charge in [-0.2, -0.15) is 0 Å². The van der Waals surface area contributed by atoms with Crippen molar-refractivity contribution in [2.24, 2.45) is 11.1 Å². The van der Waals surface area contributed by atoms with Gasteiger partial charge < -0.3 is 15.4 Å². The van der Waals surface area contributed by atoms with Gasteiger partial charge in [0.15, 0.2) is 0 Å². The van der Waals surface area contributed by atoms with Crippen molar-refractivity contribution in [3.63, 3.8) is 0 Å². The van der Waals surface area contributed by atoms with Crippen molar-refractivity contribution in [3.05, 3.63) is 34.9 Å². The van der Waals surface area contributed by atoms with Crippen molar-refractivity contribution in [2.45, 2.75) is 19.4 Å². The minimum atomic E-state index is -0.409. The molecule has 2 saturated heterocycles. The molecule has 5 nitrogen and oxygen atoms in total. The highest BCUT2D eigenvalue weighted by atomic mass is 35.5. The van der Waals surface area contributed by atoms with Gasteiger partial charge in [-0.15, -0.1) is 0 Å². The smallest absolute Gasteiger partial charge is 0.230 e. The van der Waals surface area contributed by atoms with E-state index in [2.05, 4.69) is 11.0 Å². The van der Waals surface area contributed by atoms with E-state index in [0.29, 0.717) is 19.8 Å². The molecular weight excluding hydrogens is 326 g/mol. The van der Waals surface area contributed by atoms with E-state index >= 15 is 0 Å². The second-order valence-electron chi connectivity index (χ2n) is 6.80. The molecule has 0 aromatic heterocycles. The average Bonchev–Trinajstić information content (AvgIpc) is 2.62.